The van der Waals surface area contributed by atoms with Crippen LogP contribution in [-0.4, -0.2) is 4.98 Å². The lowest BCUT2D eigenvalue weighted by atomic mass is 10.7. The van der Waals surface area contributed by atoms with Gasteiger partial charge in [0.05, 0.1) is 6.54 Å². The molecule has 1 N–H and O–H groups in total. The van der Waals surface area contributed by atoms with Gasteiger partial charge in [0.2, 0.25) is 0 Å². The quantitative estimate of drug-likeness (QED) is 0.686. The van der Waals surface area contributed by atoms with E-state index in [9.17, 15) is 0 Å². The molecule has 0 fully saturated rings. The van der Waals surface area contributed by atoms with E-state index in [1.165, 1.54) is 0 Å². The molecule has 0 saturated heterocycles. The fourth-order valence-corrected chi connectivity index (χ4v) is 1.07. The summed E-state index contributed by atoms with van der Waals surface area (Å²) in [7, 11) is 0. The van der Waals surface area contributed by atoms with Crippen LogP contribution in [0.4, 0.5) is 0 Å². The van der Waals surface area contributed by atoms with Crippen LogP contribution < -0.4 is 5.32 Å². The van der Waals surface area contributed by atoms with Crippen molar-refractivity contribution in [3.63, 3.8) is 0 Å². The van der Waals surface area contributed by atoms with E-state index in [1.807, 2.05) is 5.38 Å². The summed E-state index contributed by atoms with van der Waals surface area (Å²) < 4.78 is 0. The molecular weight excluding hydrogens is 132 g/mol. The topological polar surface area (TPSA) is 24.9 Å². The third-order valence-corrected chi connectivity index (χ3v) is 1.66. The molecular formula is C6H8N2S. The van der Waals surface area contributed by atoms with Gasteiger partial charge in [0.1, 0.15) is 5.01 Å². The van der Waals surface area contributed by atoms with Crippen molar-refractivity contribution in [1.82, 2.24) is 10.3 Å². The molecule has 0 unspecified atom stereocenters. The fraction of sp³-hybridized carbons (Fsp3) is 0.167. The fourth-order valence-electron chi connectivity index (χ4n) is 0.500. The normalized spacial score (nSPS) is 8.89. The van der Waals surface area contributed by atoms with Gasteiger partial charge in [0.25, 0.3) is 0 Å². The molecule has 9 heavy (non-hydrogen) atoms. The van der Waals surface area contributed by atoms with Gasteiger partial charge in [0.15, 0.2) is 0 Å². The first-order valence-electron chi connectivity index (χ1n) is 2.66. The first-order chi connectivity index (χ1) is 4.43. The average Bonchev–Trinajstić information content (AvgIpc) is 2.34. The summed E-state index contributed by atoms with van der Waals surface area (Å²) in [5.74, 6) is 0. The summed E-state index contributed by atoms with van der Waals surface area (Å²) in [5, 5.41) is 6.01. The van der Waals surface area contributed by atoms with Crippen molar-refractivity contribution in [1.29, 1.82) is 0 Å². The largest absolute Gasteiger partial charge is 0.385 e. The zero-order chi connectivity index (χ0) is 6.53. The van der Waals surface area contributed by atoms with E-state index in [1.54, 1.807) is 23.7 Å². The summed E-state index contributed by atoms with van der Waals surface area (Å²) in [6.07, 6.45) is 3.46. The third kappa shape index (κ3) is 1.85. The zero-order valence-electron chi connectivity index (χ0n) is 5.00. The highest BCUT2D eigenvalue weighted by Crippen LogP contribution is 2.01. The number of hydrogen-bond acceptors (Lipinski definition) is 3. The Morgan fingerprint density at radius 1 is 1.89 bits per heavy atom. The Bertz CT molecular complexity index is 169. The lowest BCUT2D eigenvalue weighted by Gasteiger charge is -1.91. The van der Waals surface area contributed by atoms with Crippen molar-refractivity contribution in [3.05, 3.63) is 29.4 Å². The number of rotatable bonds is 3. The average molecular weight is 140 g/mol. The van der Waals surface area contributed by atoms with Crippen molar-refractivity contribution in [2.24, 2.45) is 0 Å². The van der Waals surface area contributed by atoms with E-state index in [2.05, 4.69) is 16.9 Å². The van der Waals surface area contributed by atoms with Crippen LogP contribution in [-0.2, 0) is 6.54 Å². The molecule has 2 nitrogen and oxygen atoms in total. The molecule has 0 aliphatic rings. The molecule has 1 aromatic rings. The molecule has 0 radical (unpaired) electrons. The van der Waals surface area contributed by atoms with Crippen molar-refractivity contribution < 1.29 is 0 Å². The van der Waals surface area contributed by atoms with Crippen LogP contribution in [0.15, 0.2) is 24.4 Å². The Labute approximate surface area is 58.2 Å². The van der Waals surface area contributed by atoms with Crippen LogP contribution in [0.25, 0.3) is 0 Å². The third-order valence-electron chi connectivity index (χ3n) is 0.881. The number of nitrogens with one attached hydrogen (secondary N) is 1. The SMILES string of the molecule is C=CNCc1nccs1. The maximum Gasteiger partial charge on any atom is 0.112 e. The minimum absolute atomic E-state index is 0.793. The highest BCUT2D eigenvalue weighted by Gasteiger charge is 1.88. The molecule has 1 heterocycles. The number of nitrogens with zero attached hydrogens (tertiary/aromatic N) is 1. The van der Waals surface area contributed by atoms with Crippen molar-refractivity contribution in [2.45, 2.75) is 6.54 Å². The van der Waals surface area contributed by atoms with Gasteiger partial charge in [-0.3, -0.25) is 0 Å². The maximum absolute atomic E-state index is 4.06. The van der Waals surface area contributed by atoms with Crippen molar-refractivity contribution in [2.75, 3.05) is 0 Å². The number of hydrogen-bond donors (Lipinski definition) is 1. The van der Waals surface area contributed by atoms with Crippen LogP contribution in [0.5, 0.6) is 0 Å². The maximum atomic E-state index is 4.06. The van der Waals surface area contributed by atoms with Crippen molar-refractivity contribution >= 4 is 11.3 Å². The minimum atomic E-state index is 0.793. The van der Waals surface area contributed by atoms with Crippen LogP contribution in [0.2, 0.25) is 0 Å². The second-order valence-corrected chi connectivity index (χ2v) is 2.49. The summed E-state index contributed by atoms with van der Waals surface area (Å²) in [6, 6.07) is 0. The summed E-state index contributed by atoms with van der Waals surface area (Å²) in [4.78, 5) is 4.06. The summed E-state index contributed by atoms with van der Waals surface area (Å²) >= 11 is 1.64. The lowest BCUT2D eigenvalue weighted by molar-refractivity contribution is 0.861. The van der Waals surface area contributed by atoms with Gasteiger partial charge in [-0.05, 0) is 6.20 Å². The van der Waals surface area contributed by atoms with Gasteiger partial charge in [-0.1, -0.05) is 6.58 Å². The molecule has 0 atom stereocenters. The molecule has 1 aromatic heterocycles. The van der Waals surface area contributed by atoms with Crippen LogP contribution in [0.3, 0.4) is 0 Å². The number of thiazole rings is 1. The summed E-state index contributed by atoms with van der Waals surface area (Å²) in [6.45, 7) is 4.32. The second kappa shape index (κ2) is 3.25. The molecule has 3 heteroatoms. The zero-order valence-corrected chi connectivity index (χ0v) is 5.82. The van der Waals surface area contributed by atoms with Crippen LogP contribution in [0.1, 0.15) is 5.01 Å². The molecule has 48 valence electrons. The Morgan fingerprint density at radius 3 is 3.33 bits per heavy atom. The molecule has 0 spiro atoms. The predicted molar refractivity (Wildman–Crippen MR) is 39.2 cm³/mol. The molecule has 0 aliphatic carbocycles. The van der Waals surface area contributed by atoms with Gasteiger partial charge in [-0.2, -0.15) is 0 Å². The first-order valence-corrected chi connectivity index (χ1v) is 3.54. The van der Waals surface area contributed by atoms with E-state index in [4.69, 9.17) is 0 Å². The first kappa shape index (κ1) is 6.29. The Balaban J connectivity index is 2.38. The molecule has 0 saturated carbocycles. The van der Waals surface area contributed by atoms with E-state index in [0.717, 1.165) is 11.6 Å². The van der Waals surface area contributed by atoms with E-state index >= 15 is 0 Å². The monoisotopic (exact) mass is 140 g/mol. The van der Waals surface area contributed by atoms with Crippen molar-refractivity contribution in [3.8, 4) is 0 Å². The summed E-state index contributed by atoms with van der Waals surface area (Å²) in [5.41, 5.74) is 0. The predicted octanol–water partition coefficient (Wildman–Crippen LogP) is 1.38. The Morgan fingerprint density at radius 2 is 2.78 bits per heavy atom. The Kier molecular flexibility index (Phi) is 2.27. The number of aromatic nitrogens is 1. The van der Waals surface area contributed by atoms with Gasteiger partial charge >= 0.3 is 0 Å². The molecule has 0 aliphatic heterocycles. The van der Waals surface area contributed by atoms with E-state index < -0.39 is 0 Å². The second-order valence-electron chi connectivity index (χ2n) is 1.51. The van der Waals surface area contributed by atoms with Crippen LogP contribution >= 0.6 is 11.3 Å². The minimum Gasteiger partial charge on any atom is -0.385 e. The molecule has 1 rings (SSSR count). The highest BCUT2D eigenvalue weighted by molar-refractivity contribution is 7.09. The standard InChI is InChI=1S/C6H8N2S/c1-2-7-5-6-8-3-4-9-6/h2-4,7H,1,5H2. The molecule has 0 amide bonds. The van der Waals surface area contributed by atoms with Gasteiger partial charge < -0.3 is 5.32 Å². The molecule has 0 bridgehead atoms. The van der Waals surface area contributed by atoms with Gasteiger partial charge in [-0.25, -0.2) is 4.98 Å². The Hall–Kier alpha value is -0.830. The lowest BCUT2D eigenvalue weighted by Crippen LogP contribution is -2.02. The highest BCUT2D eigenvalue weighted by atomic mass is 32.1. The van der Waals surface area contributed by atoms with Crippen LogP contribution in [0, 0.1) is 0 Å². The van der Waals surface area contributed by atoms with Gasteiger partial charge in [0, 0.05) is 11.6 Å². The smallest absolute Gasteiger partial charge is 0.112 e. The van der Waals surface area contributed by atoms with E-state index in [0.29, 0.717) is 0 Å². The molecule has 0 aromatic carbocycles. The van der Waals surface area contributed by atoms with E-state index in [-0.39, 0.29) is 0 Å². The van der Waals surface area contributed by atoms with Gasteiger partial charge in [-0.15, -0.1) is 11.3 Å².